The normalized spacial score (nSPS) is 18.8. The Morgan fingerprint density at radius 1 is 0.828 bits per heavy atom. The molecular weight excluding hydrogens is 364 g/mol. The molecule has 0 atom stereocenters. The van der Waals surface area contributed by atoms with E-state index in [0.29, 0.717) is 12.0 Å². The molecule has 6 nitrogen and oxygen atoms in total. The summed E-state index contributed by atoms with van der Waals surface area (Å²) in [5.74, 6) is -0.429. The third kappa shape index (κ3) is 6.69. The van der Waals surface area contributed by atoms with Crippen LogP contribution in [0.1, 0.15) is 34.8 Å². The number of amides is 2. The number of hydrogen-bond donors (Lipinski definition) is 4. The number of hydrazine groups is 1. The molecule has 154 valence electrons. The van der Waals surface area contributed by atoms with Crippen molar-refractivity contribution in [1.29, 1.82) is 0 Å². The molecular formula is C23H32N4O2+2. The molecule has 1 fully saturated rings. The van der Waals surface area contributed by atoms with Gasteiger partial charge in [0.25, 0.3) is 5.91 Å². The smallest absolute Gasteiger partial charge is 0.269 e. The molecule has 6 heteroatoms. The maximum atomic E-state index is 12.1. The van der Waals surface area contributed by atoms with Gasteiger partial charge < -0.3 is 9.80 Å². The van der Waals surface area contributed by atoms with Crippen molar-refractivity contribution in [3.05, 3.63) is 71.3 Å². The van der Waals surface area contributed by atoms with E-state index in [1.54, 1.807) is 17.0 Å². The number of piperazine rings is 1. The fourth-order valence-corrected chi connectivity index (χ4v) is 3.71. The molecule has 1 saturated heterocycles. The van der Waals surface area contributed by atoms with Gasteiger partial charge in [-0.1, -0.05) is 49.4 Å². The quantitative estimate of drug-likeness (QED) is 0.472. The first kappa shape index (κ1) is 21.0. The van der Waals surface area contributed by atoms with E-state index in [9.17, 15) is 9.59 Å². The summed E-state index contributed by atoms with van der Waals surface area (Å²) >= 11 is 0. The van der Waals surface area contributed by atoms with Crippen molar-refractivity contribution in [3.8, 4) is 0 Å². The lowest BCUT2D eigenvalue weighted by Gasteiger charge is -2.29. The van der Waals surface area contributed by atoms with Gasteiger partial charge in [0, 0.05) is 11.1 Å². The van der Waals surface area contributed by atoms with E-state index >= 15 is 0 Å². The third-order valence-corrected chi connectivity index (χ3v) is 5.61. The molecule has 3 rings (SSSR count). The highest BCUT2D eigenvalue weighted by Gasteiger charge is 2.23. The van der Waals surface area contributed by atoms with Gasteiger partial charge >= 0.3 is 0 Å². The minimum absolute atomic E-state index is 0.143. The van der Waals surface area contributed by atoms with Crippen molar-refractivity contribution in [2.75, 3.05) is 32.7 Å². The number of quaternary nitrogens is 2. The van der Waals surface area contributed by atoms with Crippen LogP contribution in [-0.4, -0.2) is 44.5 Å². The van der Waals surface area contributed by atoms with E-state index < -0.39 is 0 Å². The van der Waals surface area contributed by atoms with E-state index in [2.05, 4.69) is 48.1 Å². The minimum atomic E-state index is -0.286. The molecule has 0 spiro atoms. The van der Waals surface area contributed by atoms with Crippen LogP contribution in [0.2, 0.25) is 0 Å². The summed E-state index contributed by atoms with van der Waals surface area (Å²) in [7, 11) is 0. The Morgan fingerprint density at radius 3 is 2.14 bits per heavy atom. The van der Waals surface area contributed by atoms with Crippen LogP contribution < -0.4 is 20.7 Å². The monoisotopic (exact) mass is 396 g/mol. The van der Waals surface area contributed by atoms with Crippen molar-refractivity contribution in [2.45, 2.75) is 26.3 Å². The van der Waals surface area contributed by atoms with Gasteiger partial charge in [-0.2, -0.15) is 0 Å². The highest BCUT2D eigenvalue weighted by molar-refractivity contribution is 5.95. The maximum Gasteiger partial charge on any atom is 0.269 e. The Balaban J connectivity index is 1.32. The molecule has 1 aliphatic rings. The second kappa shape index (κ2) is 10.7. The van der Waals surface area contributed by atoms with Gasteiger partial charge in [-0.15, -0.1) is 0 Å². The average molecular weight is 397 g/mol. The van der Waals surface area contributed by atoms with Crippen molar-refractivity contribution < 1.29 is 19.4 Å². The molecule has 2 aromatic carbocycles. The molecule has 1 aliphatic heterocycles. The number of carbonyl (C=O) groups is 2. The van der Waals surface area contributed by atoms with Crippen LogP contribution in [0, 0.1) is 0 Å². The predicted molar refractivity (Wildman–Crippen MR) is 112 cm³/mol. The summed E-state index contributed by atoms with van der Waals surface area (Å²) in [4.78, 5) is 27.2. The topological polar surface area (TPSA) is 67.1 Å². The Morgan fingerprint density at radius 2 is 1.48 bits per heavy atom. The lowest BCUT2D eigenvalue weighted by Crippen LogP contribution is -3.27. The Bertz CT molecular complexity index is 784. The van der Waals surface area contributed by atoms with Crippen LogP contribution in [0.25, 0.3) is 0 Å². The zero-order chi connectivity index (χ0) is 20.5. The second-order valence-corrected chi connectivity index (χ2v) is 7.72. The zero-order valence-electron chi connectivity index (χ0n) is 17.2. The largest absolute Gasteiger partial charge is 0.325 e. The van der Waals surface area contributed by atoms with E-state index in [0.717, 1.165) is 45.7 Å². The average Bonchev–Trinajstić information content (AvgIpc) is 2.77. The molecule has 29 heavy (non-hydrogen) atoms. The van der Waals surface area contributed by atoms with E-state index in [1.807, 2.05) is 12.1 Å². The zero-order valence-corrected chi connectivity index (χ0v) is 17.2. The highest BCUT2D eigenvalue weighted by atomic mass is 16.2. The standard InChI is InChI=1S/C23H30N4O2/c1-2-19-8-10-21(11-9-19)23(29)25-24-22(28)12-13-26-14-16-27(17-15-26)18-20-6-4-3-5-7-20/h3-11H,2,12-18H2,1H3,(H,24,28)(H,25,29)/p+2. The van der Waals surface area contributed by atoms with Crippen LogP contribution in [0.15, 0.2) is 54.6 Å². The van der Waals surface area contributed by atoms with Crippen LogP contribution in [0.4, 0.5) is 0 Å². The summed E-state index contributed by atoms with van der Waals surface area (Å²) in [5, 5.41) is 0. The molecule has 2 aromatic rings. The second-order valence-electron chi connectivity index (χ2n) is 7.72. The summed E-state index contributed by atoms with van der Waals surface area (Å²) < 4.78 is 0. The lowest BCUT2D eigenvalue weighted by molar-refractivity contribution is -1.02. The number of nitrogens with one attached hydrogen (secondary N) is 4. The number of aryl methyl sites for hydroxylation is 1. The van der Waals surface area contributed by atoms with Crippen molar-refractivity contribution >= 4 is 11.8 Å². The number of benzene rings is 2. The maximum absolute atomic E-state index is 12.1. The summed E-state index contributed by atoms with van der Waals surface area (Å²) in [6, 6.07) is 18.0. The molecule has 1 heterocycles. The number of rotatable bonds is 7. The molecule has 0 unspecified atom stereocenters. The first-order valence-electron chi connectivity index (χ1n) is 10.5. The minimum Gasteiger partial charge on any atom is -0.325 e. The molecule has 0 bridgehead atoms. The van der Waals surface area contributed by atoms with E-state index in [1.165, 1.54) is 16.0 Å². The molecule has 2 amide bonds. The third-order valence-electron chi connectivity index (χ3n) is 5.61. The number of hydrogen-bond acceptors (Lipinski definition) is 2. The van der Waals surface area contributed by atoms with E-state index in [-0.39, 0.29) is 11.8 Å². The Hall–Kier alpha value is -2.70. The summed E-state index contributed by atoms with van der Waals surface area (Å²) in [5.41, 5.74) is 8.15. The predicted octanol–water partition coefficient (Wildman–Crippen LogP) is -0.616. The highest BCUT2D eigenvalue weighted by Crippen LogP contribution is 2.04. The summed E-state index contributed by atoms with van der Waals surface area (Å²) in [6.07, 6.45) is 1.35. The molecule has 0 aromatic heterocycles. The Labute approximate surface area is 172 Å². The van der Waals surface area contributed by atoms with Crippen LogP contribution in [-0.2, 0) is 17.8 Å². The fraction of sp³-hybridized carbons (Fsp3) is 0.391. The molecule has 0 aliphatic carbocycles. The van der Waals surface area contributed by atoms with Gasteiger partial charge in [0.05, 0.1) is 13.0 Å². The SMILES string of the molecule is CCc1ccc(C(=O)NNC(=O)CC[NH+]2CC[NH+](Cc3ccccc3)CC2)cc1. The first-order valence-corrected chi connectivity index (χ1v) is 10.5. The van der Waals surface area contributed by atoms with Gasteiger partial charge in [-0.3, -0.25) is 20.4 Å². The lowest BCUT2D eigenvalue weighted by atomic mass is 10.1. The first-order chi connectivity index (χ1) is 14.1. The molecule has 0 radical (unpaired) electrons. The van der Waals surface area contributed by atoms with Gasteiger partial charge in [-0.05, 0) is 24.1 Å². The molecule has 0 saturated carbocycles. The van der Waals surface area contributed by atoms with Gasteiger partial charge in [0.2, 0.25) is 5.91 Å². The van der Waals surface area contributed by atoms with Crippen molar-refractivity contribution in [2.24, 2.45) is 0 Å². The van der Waals surface area contributed by atoms with Crippen LogP contribution in [0.5, 0.6) is 0 Å². The van der Waals surface area contributed by atoms with Crippen LogP contribution in [0.3, 0.4) is 0 Å². The van der Waals surface area contributed by atoms with Gasteiger partial charge in [-0.25, -0.2) is 0 Å². The number of carbonyl (C=O) groups excluding carboxylic acids is 2. The van der Waals surface area contributed by atoms with Gasteiger partial charge in [0.15, 0.2) is 0 Å². The Kier molecular flexibility index (Phi) is 7.78. The fourth-order valence-electron chi connectivity index (χ4n) is 3.71. The van der Waals surface area contributed by atoms with E-state index in [4.69, 9.17) is 0 Å². The van der Waals surface area contributed by atoms with Crippen molar-refractivity contribution in [1.82, 2.24) is 10.9 Å². The van der Waals surface area contributed by atoms with Crippen molar-refractivity contribution in [3.63, 3.8) is 0 Å². The molecule has 4 N–H and O–H groups in total. The summed E-state index contributed by atoms with van der Waals surface area (Å²) in [6.45, 7) is 8.33. The van der Waals surface area contributed by atoms with Crippen LogP contribution >= 0.6 is 0 Å². The van der Waals surface area contributed by atoms with Gasteiger partial charge in [0.1, 0.15) is 32.7 Å².